The fraction of sp³-hybridized carbons (Fsp3) is 0.900. The molecule has 100 valence electrons. The molecule has 1 fully saturated rings. The molecule has 0 aromatic carbocycles. The summed E-state index contributed by atoms with van der Waals surface area (Å²) >= 11 is 0. The first-order chi connectivity index (χ1) is 8.01. The zero-order valence-corrected chi connectivity index (χ0v) is 10.9. The molecular weight excluding hydrogens is 244 g/mol. The molecule has 1 heterocycles. The molecule has 1 saturated heterocycles. The molecule has 1 aliphatic rings. The third kappa shape index (κ3) is 3.93. The van der Waals surface area contributed by atoms with Gasteiger partial charge in [-0.3, -0.25) is 4.79 Å². The number of hydrogen-bond donors (Lipinski definition) is 2. The topological polar surface area (TPSA) is 86.7 Å². The van der Waals surface area contributed by atoms with E-state index in [-0.39, 0.29) is 37.3 Å². The maximum Gasteiger partial charge on any atom is 0.224 e. The zero-order chi connectivity index (χ0) is 12.9. The normalized spacial score (nSPS) is 22.4. The van der Waals surface area contributed by atoms with Crippen LogP contribution in [0.3, 0.4) is 0 Å². The Morgan fingerprint density at radius 1 is 1.53 bits per heavy atom. The first-order valence-corrected chi connectivity index (χ1v) is 7.48. The van der Waals surface area contributed by atoms with Gasteiger partial charge in [-0.1, -0.05) is 0 Å². The van der Waals surface area contributed by atoms with Crippen molar-refractivity contribution in [1.82, 2.24) is 9.62 Å². The van der Waals surface area contributed by atoms with Gasteiger partial charge in [0.25, 0.3) is 0 Å². The Labute approximate surface area is 102 Å². The molecular formula is C10H20N2O4S. The van der Waals surface area contributed by atoms with Gasteiger partial charge in [0.15, 0.2) is 0 Å². The van der Waals surface area contributed by atoms with Crippen LogP contribution < -0.4 is 5.32 Å². The SMILES string of the molecule is CCS(=O)(=O)N1CCC[C@H](C(=O)NCCO)C1. The van der Waals surface area contributed by atoms with Gasteiger partial charge in [0.05, 0.1) is 18.3 Å². The lowest BCUT2D eigenvalue weighted by Crippen LogP contribution is -2.46. The lowest BCUT2D eigenvalue weighted by Gasteiger charge is -2.30. The molecule has 0 bridgehead atoms. The standard InChI is InChI=1S/C10H20N2O4S/c1-2-17(15,16)12-6-3-4-9(8-12)10(14)11-5-7-13/h9,13H,2-8H2,1H3,(H,11,14)/t9-/m0/s1. The van der Waals surface area contributed by atoms with Crippen molar-refractivity contribution in [3.05, 3.63) is 0 Å². The van der Waals surface area contributed by atoms with Gasteiger partial charge in [0, 0.05) is 19.6 Å². The molecule has 0 aromatic rings. The number of aliphatic hydroxyl groups is 1. The summed E-state index contributed by atoms with van der Waals surface area (Å²) in [6.07, 6.45) is 1.41. The van der Waals surface area contributed by atoms with E-state index in [0.717, 1.165) is 0 Å². The number of carbonyl (C=O) groups is 1. The van der Waals surface area contributed by atoms with Crippen LogP contribution in [0.1, 0.15) is 19.8 Å². The number of piperidine rings is 1. The van der Waals surface area contributed by atoms with Crippen molar-refractivity contribution in [3.8, 4) is 0 Å². The number of amides is 1. The molecule has 0 spiro atoms. The average molecular weight is 264 g/mol. The van der Waals surface area contributed by atoms with E-state index in [1.807, 2.05) is 0 Å². The van der Waals surface area contributed by atoms with Crippen LogP contribution in [0.5, 0.6) is 0 Å². The van der Waals surface area contributed by atoms with Crippen molar-refractivity contribution in [3.63, 3.8) is 0 Å². The highest BCUT2D eigenvalue weighted by atomic mass is 32.2. The summed E-state index contributed by atoms with van der Waals surface area (Å²) in [5.74, 6) is -0.399. The smallest absolute Gasteiger partial charge is 0.224 e. The lowest BCUT2D eigenvalue weighted by molar-refractivity contribution is -0.126. The number of rotatable bonds is 5. The van der Waals surface area contributed by atoms with E-state index >= 15 is 0 Å². The highest BCUT2D eigenvalue weighted by Crippen LogP contribution is 2.19. The van der Waals surface area contributed by atoms with Crippen molar-refractivity contribution < 1.29 is 18.3 Å². The average Bonchev–Trinajstić information content (AvgIpc) is 2.36. The van der Waals surface area contributed by atoms with Crippen LogP contribution in [0.2, 0.25) is 0 Å². The minimum Gasteiger partial charge on any atom is -0.395 e. The maximum absolute atomic E-state index is 11.7. The lowest BCUT2D eigenvalue weighted by atomic mass is 9.99. The van der Waals surface area contributed by atoms with Crippen molar-refractivity contribution in [2.75, 3.05) is 32.0 Å². The molecule has 1 rings (SSSR count). The minimum atomic E-state index is -3.20. The van der Waals surface area contributed by atoms with E-state index in [4.69, 9.17) is 5.11 Å². The van der Waals surface area contributed by atoms with E-state index < -0.39 is 10.0 Å². The fourth-order valence-electron chi connectivity index (χ4n) is 1.92. The monoisotopic (exact) mass is 264 g/mol. The molecule has 6 nitrogen and oxygen atoms in total. The second kappa shape index (κ2) is 6.32. The summed E-state index contributed by atoms with van der Waals surface area (Å²) in [7, 11) is -3.20. The van der Waals surface area contributed by atoms with Gasteiger partial charge in [-0.05, 0) is 19.8 Å². The molecule has 17 heavy (non-hydrogen) atoms. The van der Waals surface area contributed by atoms with Crippen molar-refractivity contribution in [1.29, 1.82) is 0 Å². The van der Waals surface area contributed by atoms with E-state index in [0.29, 0.717) is 19.4 Å². The van der Waals surface area contributed by atoms with Crippen LogP contribution >= 0.6 is 0 Å². The Hall–Kier alpha value is -0.660. The molecule has 2 N–H and O–H groups in total. The van der Waals surface area contributed by atoms with Crippen LogP contribution in [0.4, 0.5) is 0 Å². The predicted octanol–water partition coefficient (Wildman–Crippen LogP) is -0.843. The summed E-state index contributed by atoms with van der Waals surface area (Å²) < 4.78 is 24.8. The van der Waals surface area contributed by atoms with Gasteiger partial charge in [-0.2, -0.15) is 0 Å². The highest BCUT2D eigenvalue weighted by molar-refractivity contribution is 7.89. The second-order valence-electron chi connectivity index (χ2n) is 4.11. The van der Waals surface area contributed by atoms with Crippen molar-refractivity contribution in [2.24, 2.45) is 5.92 Å². The van der Waals surface area contributed by atoms with E-state index in [9.17, 15) is 13.2 Å². The van der Waals surface area contributed by atoms with Gasteiger partial charge in [-0.25, -0.2) is 12.7 Å². The Kier molecular flexibility index (Phi) is 5.35. The van der Waals surface area contributed by atoms with Gasteiger partial charge in [-0.15, -0.1) is 0 Å². The highest BCUT2D eigenvalue weighted by Gasteiger charge is 2.31. The molecule has 7 heteroatoms. The summed E-state index contributed by atoms with van der Waals surface area (Å²) in [4.78, 5) is 11.7. The minimum absolute atomic E-state index is 0.0674. The fourth-order valence-corrected chi connectivity index (χ4v) is 3.09. The second-order valence-corrected chi connectivity index (χ2v) is 6.37. The zero-order valence-electron chi connectivity index (χ0n) is 10.1. The first-order valence-electron chi connectivity index (χ1n) is 5.87. The number of hydrogen-bond acceptors (Lipinski definition) is 4. The third-order valence-corrected chi connectivity index (χ3v) is 4.77. The van der Waals surface area contributed by atoms with Crippen LogP contribution in [-0.4, -0.2) is 55.7 Å². The predicted molar refractivity (Wildman–Crippen MR) is 63.9 cm³/mol. The molecule has 0 radical (unpaired) electrons. The van der Waals surface area contributed by atoms with Gasteiger partial charge in [0.1, 0.15) is 0 Å². The Morgan fingerprint density at radius 2 is 2.24 bits per heavy atom. The number of carbonyl (C=O) groups excluding carboxylic acids is 1. The molecule has 1 amide bonds. The van der Waals surface area contributed by atoms with Gasteiger partial charge < -0.3 is 10.4 Å². The van der Waals surface area contributed by atoms with Crippen LogP contribution in [0.15, 0.2) is 0 Å². The van der Waals surface area contributed by atoms with Crippen molar-refractivity contribution in [2.45, 2.75) is 19.8 Å². The van der Waals surface area contributed by atoms with Crippen LogP contribution in [0, 0.1) is 5.92 Å². The largest absolute Gasteiger partial charge is 0.395 e. The molecule has 0 unspecified atom stereocenters. The van der Waals surface area contributed by atoms with Crippen LogP contribution in [0.25, 0.3) is 0 Å². The quantitative estimate of drug-likeness (QED) is 0.677. The number of nitrogens with one attached hydrogen (secondary N) is 1. The Balaban J connectivity index is 2.58. The molecule has 0 aliphatic carbocycles. The number of nitrogens with zero attached hydrogens (tertiary/aromatic N) is 1. The Morgan fingerprint density at radius 3 is 2.82 bits per heavy atom. The summed E-state index contributed by atoms with van der Waals surface area (Å²) in [5, 5.41) is 11.2. The van der Waals surface area contributed by atoms with Crippen LogP contribution in [-0.2, 0) is 14.8 Å². The first kappa shape index (κ1) is 14.4. The molecule has 1 atom stereocenters. The number of sulfonamides is 1. The van der Waals surface area contributed by atoms with Gasteiger partial charge in [0.2, 0.25) is 15.9 Å². The molecule has 0 saturated carbocycles. The number of aliphatic hydroxyl groups excluding tert-OH is 1. The Bertz CT molecular complexity index is 355. The van der Waals surface area contributed by atoms with E-state index in [1.54, 1.807) is 6.92 Å². The van der Waals surface area contributed by atoms with E-state index in [2.05, 4.69) is 5.32 Å². The summed E-state index contributed by atoms with van der Waals surface area (Å²) in [6, 6.07) is 0. The maximum atomic E-state index is 11.7. The summed E-state index contributed by atoms with van der Waals surface area (Å²) in [6.45, 7) is 2.48. The third-order valence-electron chi connectivity index (χ3n) is 2.92. The van der Waals surface area contributed by atoms with Crippen molar-refractivity contribution >= 4 is 15.9 Å². The van der Waals surface area contributed by atoms with Gasteiger partial charge >= 0.3 is 0 Å². The molecule has 1 aliphatic heterocycles. The molecule has 0 aromatic heterocycles. The summed E-state index contributed by atoms with van der Waals surface area (Å²) in [5.41, 5.74) is 0. The van der Waals surface area contributed by atoms with E-state index in [1.165, 1.54) is 4.31 Å².